The number of carbonyl (C=O) groups excluding carboxylic acids is 2. The van der Waals surface area contributed by atoms with Gasteiger partial charge in [0, 0.05) is 19.0 Å². The van der Waals surface area contributed by atoms with Crippen molar-refractivity contribution in [2.75, 3.05) is 5.32 Å². The predicted molar refractivity (Wildman–Crippen MR) is 59.7 cm³/mol. The Morgan fingerprint density at radius 2 is 1.87 bits per heavy atom. The first-order valence-electron chi connectivity index (χ1n) is 4.94. The quantitative estimate of drug-likeness (QED) is 0.818. The molecule has 0 heterocycles. The zero-order chi connectivity index (χ0) is 11.3. The maximum absolute atomic E-state index is 10.9. The van der Waals surface area contributed by atoms with E-state index in [2.05, 4.69) is 5.32 Å². The first-order valence-corrected chi connectivity index (χ1v) is 4.94. The number of hydrogen-bond acceptors (Lipinski definition) is 2. The lowest BCUT2D eigenvalue weighted by Crippen LogP contribution is -2.08. The molecule has 3 nitrogen and oxygen atoms in total. The van der Waals surface area contributed by atoms with Gasteiger partial charge in [0.25, 0.3) is 0 Å². The molecule has 80 valence electrons. The number of para-hydroxylation sites is 1. The molecule has 1 N–H and O–H groups in total. The Hall–Kier alpha value is -1.64. The summed E-state index contributed by atoms with van der Waals surface area (Å²) in [5.41, 5.74) is 1.80. The molecule has 1 rings (SSSR count). The summed E-state index contributed by atoms with van der Waals surface area (Å²) in [5.74, 6) is 0.0675. The van der Waals surface area contributed by atoms with Gasteiger partial charge in [0.1, 0.15) is 5.78 Å². The smallest absolute Gasteiger partial charge is 0.221 e. The summed E-state index contributed by atoms with van der Waals surface area (Å²) in [6, 6.07) is 7.54. The summed E-state index contributed by atoms with van der Waals surface area (Å²) in [6.45, 7) is 3.04. The summed E-state index contributed by atoms with van der Waals surface area (Å²) in [6.07, 6.45) is 1.18. The fourth-order valence-electron chi connectivity index (χ4n) is 1.36. The molecule has 0 spiro atoms. The number of nitrogens with one attached hydrogen (secondary N) is 1. The van der Waals surface area contributed by atoms with Gasteiger partial charge in [0.2, 0.25) is 5.91 Å². The topological polar surface area (TPSA) is 46.2 Å². The van der Waals surface area contributed by atoms with E-state index in [1.54, 1.807) is 6.92 Å². The number of aryl methyl sites for hydroxylation is 1. The van der Waals surface area contributed by atoms with Crippen LogP contribution >= 0.6 is 0 Å². The monoisotopic (exact) mass is 205 g/mol. The third kappa shape index (κ3) is 3.94. The molecule has 0 aliphatic rings. The third-order valence-electron chi connectivity index (χ3n) is 2.07. The van der Waals surface area contributed by atoms with Gasteiger partial charge in [-0.1, -0.05) is 18.2 Å². The molecule has 0 saturated carbocycles. The second-order valence-corrected chi connectivity index (χ2v) is 3.54. The molecule has 0 radical (unpaired) electrons. The van der Waals surface area contributed by atoms with Crippen LogP contribution in [-0.4, -0.2) is 11.7 Å². The van der Waals surface area contributed by atoms with Crippen molar-refractivity contribution in [3.63, 3.8) is 0 Å². The summed E-state index contributed by atoms with van der Waals surface area (Å²) in [5, 5.41) is 2.75. The standard InChI is InChI=1S/C12H15NO2/c1-9(14)7-8-11-5-3-4-6-12(11)13-10(2)15/h3-6H,7-8H2,1-2H3,(H,13,15). The molecule has 0 aliphatic heterocycles. The van der Waals surface area contributed by atoms with Crippen LogP contribution < -0.4 is 5.32 Å². The van der Waals surface area contributed by atoms with Crippen molar-refractivity contribution in [2.24, 2.45) is 0 Å². The van der Waals surface area contributed by atoms with Crippen molar-refractivity contribution >= 4 is 17.4 Å². The molecule has 1 amide bonds. The lowest BCUT2D eigenvalue weighted by atomic mass is 10.1. The first kappa shape index (κ1) is 11.4. The molecule has 15 heavy (non-hydrogen) atoms. The van der Waals surface area contributed by atoms with E-state index in [0.29, 0.717) is 12.8 Å². The fraction of sp³-hybridized carbons (Fsp3) is 0.333. The minimum Gasteiger partial charge on any atom is -0.326 e. The van der Waals surface area contributed by atoms with Gasteiger partial charge < -0.3 is 10.1 Å². The predicted octanol–water partition coefficient (Wildman–Crippen LogP) is 2.17. The number of ketones is 1. The normalized spacial score (nSPS) is 9.73. The SMILES string of the molecule is CC(=O)CCc1ccccc1NC(C)=O. The molecule has 0 saturated heterocycles. The lowest BCUT2D eigenvalue weighted by molar-refractivity contribution is -0.117. The molecular weight excluding hydrogens is 190 g/mol. The highest BCUT2D eigenvalue weighted by Gasteiger charge is 2.03. The average molecular weight is 205 g/mol. The highest BCUT2D eigenvalue weighted by atomic mass is 16.1. The van der Waals surface area contributed by atoms with Gasteiger partial charge >= 0.3 is 0 Å². The van der Waals surface area contributed by atoms with Crippen LogP contribution in [0.15, 0.2) is 24.3 Å². The van der Waals surface area contributed by atoms with Crippen LogP contribution in [0, 0.1) is 0 Å². The Balaban J connectivity index is 2.76. The van der Waals surface area contributed by atoms with Crippen LogP contribution in [0.3, 0.4) is 0 Å². The first-order chi connectivity index (χ1) is 7.09. The van der Waals surface area contributed by atoms with Crippen LogP contribution in [0.2, 0.25) is 0 Å². The van der Waals surface area contributed by atoms with Gasteiger partial charge in [0.15, 0.2) is 0 Å². The van der Waals surface area contributed by atoms with E-state index >= 15 is 0 Å². The van der Waals surface area contributed by atoms with E-state index in [0.717, 1.165) is 11.3 Å². The zero-order valence-electron chi connectivity index (χ0n) is 9.04. The van der Waals surface area contributed by atoms with Crippen LogP contribution in [0.5, 0.6) is 0 Å². The van der Waals surface area contributed by atoms with E-state index in [1.807, 2.05) is 24.3 Å². The van der Waals surface area contributed by atoms with Gasteiger partial charge in [0.05, 0.1) is 0 Å². The van der Waals surface area contributed by atoms with Gasteiger partial charge in [-0.15, -0.1) is 0 Å². The van der Waals surface area contributed by atoms with Crippen LogP contribution in [0.25, 0.3) is 0 Å². The summed E-state index contributed by atoms with van der Waals surface area (Å²) in [4.78, 5) is 21.8. The van der Waals surface area contributed by atoms with Crippen molar-refractivity contribution < 1.29 is 9.59 Å². The van der Waals surface area contributed by atoms with E-state index in [9.17, 15) is 9.59 Å². The van der Waals surface area contributed by atoms with E-state index in [4.69, 9.17) is 0 Å². The second-order valence-electron chi connectivity index (χ2n) is 3.54. The Morgan fingerprint density at radius 3 is 2.47 bits per heavy atom. The van der Waals surface area contributed by atoms with Crippen molar-refractivity contribution in [3.8, 4) is 0 Å². The Kier molecular flexibility index (Phi) is 4.03. The van der Waals surface area contributed by atoms with Crippen LogP contribution in [0.1, 0.15) is 25.8 Å². The maximum Gasteiger partial charge on any atom is 0.221 e. The van der Waals surface area contributed by atoms with Crippen LogP contribution in [0.4, 0.5) is 5.69 Å². The van der Waals surface area contributed by atoms with Crippen molar-refractivity contribution in [1.82, 2.24) is 0 Å². The molecule has 0 aliphatic carbocycles. The maximum atomic E-state index is 10.9. The third-order valence-corrected chi connectivity index (χ3v) is 2.07. The lowest BCUT2D eigenvalue weighted by Gasteiger charge is -2.08. The number of carbonyl (C=O) groups is 2. The molecule has 1 aromatic rings. The Labute approximate surface area is 89.5 Å². The molecule has 0 atom stereocenters. The van der Waals surface area contributed by atoms with E-state index in [-0.39, 0.29) is 11.7 Å². The molecule has 0 bridgehead atoms. The average Bonchev–Trinajstić information content (AvgIpc) is 2.15. The second kappa shape index (κ2) is 5.29. The molecule has 0 aromatic heterocycles. The Bertz CT molecular complexity index is 372. The summed E-state index contributed by atoms with van der Waals surface area (Å²) < 4.78 is 0. The fourth-order valence-corrected chi connectivity index (χ4v) is 1.36. The van der Waals surface area contributed by atoms with Crippen molar-refractivity contribution in [3.05, 3.63) is 29.8 Å². The molecule has 0 fully saturated rings. The molecule has 0 unspecified atom stereocenters. The minimum atomic E-state index is -0.0923. The van der Waals surface area contributed by atoms with Crippen LogP contribution in [-0.2, 0) is 16.0 Å². The van der Waals surface area contributed by atoms with Gasteiger partial charge in [-0.25, -0.2) is 0 Å². The zero-order valence-corrected chi connectivity index (χ0v) is 9.04. The van der Waals surface area contributed by atoms with E-state index < -0.39 is 0 Å². The van der Waals surface area contributed by atoms with Gasteiger partial charge in [-0.05, 0) is 25.0 Å². The highest BCUT2D eigenvalue weighted by molar-refractivity contribution is 5.89. The number of benzene rings is 1. The number of amides is 1. The largest absolute Gasteiger partial charge is 0.326 e. The van der Waals surface area contributed by atoms with Gasteiger partial charge in [-0.3, -0.25) is 4.79 Å². The summed E-state index contributed by atoms with van der Waals surface area (Å²) >= 11 is 0. The number of hydrogen-bond donors (Lipinski definition) is 1. The van der Waals surface area contributed by atoms with E-state index in [1.165, 1.54) is 6.92 Å². The van der Waals surface area contributed by atoms with Gasteiger partial charge in [-0.2, -0.15) is 0 Å². The number of rotatable bonds is 4. The van der Waals surface area contributed by atoms with Crippen molar-refractivity contribution in [2.45, 2.75) is 26.7 Å². The highest BCUT2D eigenvalue weighted by Crippen LogP contribution is 2.16. The molecular formula is C12H15NO2. The molecule has 1 aromatic carbocycles. The summed E-state index contributed by atoms with van der Waals surface area (Å²) in [7, 11) is 0. The minimum absolute atomic E-state index is 0.0923. The van der Waals surface area contributed by atoms with Crippen molar-refractivity contribution in [1.29, 1.82) is 0 Å². The number of anilines is 1. The molecule has 3 heteroatoms. The Morgan fingerprint density at radius 1 is 1.20 bits per heavy atom. The number of Topliss-reactive ketones (excluding diaryl/α,β-unsaturated/α-hetero) is 1.